The van der Waals surface area contributed by atoms with Gasteiger partial charge in [0.05, 0.1) is 0 Å². The number of cyclic esters (lactones) is 1. The minimum absolute atomic E-state index is 0.149. The molecule has 0 amide bonds. The summed E-state index contributed by atoms with van der Waals surface area (Å²) in [6.07, 6.45) is 7.25. The number of hydrogen-bond acceptors (Lipinski definition) is 3. The van der Waals surface area contributed by atoms with Crippen molar-refractivity contribution in [2.75, 3.05) is 6.54 Å². The SMILES string of the molecule is CCCCCCC1=CC(=O)OC1CN. The van der Waals surface area contributed by atoms with Gasteiger partial charge >= 0.3 is 5.97 Å². The van der Waals surface area contributed by atoms with E-state index in [1.165, 1.54) is 19.3 Å². The third-order valence-corrected chi connectivity index (χ3v) is 2.51. The van der Waals surface area contributed by atoms with Gasteiger partial charge in [0.1, 0.15) is 6.10 Å². The fourth-order valence-electron chi connectivity index (χ4n) is 1.68. The van der Waals surface area contributed by atoms with Crippen LogP contribution in [0, 0.1) is 0 Å². The summed E-state index contributed by atoms with van der Waals surface area (Å²) < 4.78 is 5.02. The molecule has 1 aliphatic rings. The normalized spacial score (nSPS) is 20.9. The lowest BCUT2D eigenvalue weighted by Gasteiger charge is -2.11. The fourth-order valence-corrected chi connectivity index (χ4v) is 1.68. The molecule has 1 rings (SSSR count). The number of esters is 1. The third-order valence-electron chi connectivity index (χ3n) is 2.51. The Balaban J connectivity index is 2.28. The van der Waals surface area contributed by atoms with Gasteiger partial charge < -0.3 is 10.5 Å². The van der Waals surface area contributed by atoms with Crippen molar-refractivity contribution in [2.24, 2.45) is 5.73 Å². The van der Waals surface area contributed by atoms with E-state index >= 15 is 0 Å². The van der Waals surface area contributed by atoms with Gasteiger partial charge in [0.15, 0.2) is 0 Å². The van der Waals surface area contributed by atoms with E-state index in [1.807, 2.05) is 0 Å². The second-order valence-electron chi connectivity index (χ2n) is 3.69. The zero-order chi connectivity index (χ0) is 10.4. The van der Waals surface area contributed by atoms with Crippen LogP contribution in [0.1, 0.15) is 39.0 Å². The number of ether oxygens (including phenoxy) is 1. The van der Waals surface area contributed by atoms with Crippen LogP contribution < -0.4 is 5.73 Å². The standard InChI is InChI=1S/C11H19NO2/c1-2-3-4-5-6-9-7-11(13)14-10(9)8-12/h7,10H,2-6,8,12H2,1H3. The van der Waals surface area contributed by atoms with Crippen molar-refractivity contribution < 1.29 is 9.53 Å². The Morgan fingerprint density at radius 3 is 2.86 bits per heavy atom. The second-order valence-corrected chi connectivity index (χ2v) is 3.69. The highest BCUT2D eigenvalue weighted by molar-refractivity contribution is 5.85. The van der Waals surface area contributed by atoms with Crippen molar-refractivity contribution in [3.8, 4) is 0 Å². The highest BCUT2D eigenvalue weighted by Crippen LogP contribution is 2.20. The molecule has 0 aromatic heterocycles. The van der Waals surface area contributed by atoms with Crippen LogP contribution in [0.2, 0.25) is 0 Å². The molecule has 1 aliphatic heterocycles. The lowest BCUT2D eigenvalue weighted by atomic mass is 10.0. The number of unbranched alkanes of at least 4 members (excludes halogenated alkanes) is 3. The van der Waals surface area contributed by atoms with E-state index in [0.717, 1.165) is 18.4 Å². The Kier molecular flexibility index (Phi) is 4.66. The summed E-state index contributed by atoms with van der Waals surface area (Å²) in [7, 11) is 0. The van der Waals surface area contributed by atoms with Crippen LogP contribution in [-0.4, -0.2) is 18.6 Å². The summed E-state index contributed by atoms with van der Waals surface area (Å²) in [5.74, 6) is -0.231. The predicted octanol–water partition coefficient (Wildman–Crippen LogP) is 1.77. The summed E-state index contributed by atoms with van der Waals surface area (Å²) in [4.78, 5) is 11.0. The average molecular weight is 197 g/mol. The van der Waals surface area contributed by atoms with Gasteiger partial charge in [-0.25, -0.2) is 4.79 Å². The van der Waals surface area contributed by atoms with E-state index in [9.17, 15) is 4.79 Å². The maximum atomic E-state index is 11.0. The van der Waals surface area contributed by atoms with Crippen molar-refractivity contribution in [3.63, 3.8) is 0 Å². The molecule has 0 radical (unpaired) electrons. The Morgan fingerprint density at radius 2 is 2.21 bits per heavy atom. The molecule has 0 fully saturated rings. The van der Waals surface area contributed by atoms with Gasteiger partial charge in [-0.15, -0.1) is 0 Å². The Bertz CT molecular complexity index is 223. The molecular formula is C11H19NO2. The molecule has 1 unspecified atom stereocenters. The Labute approximate surface area is 85.3 Å². The van der Waals surface area contributed by atoms with Crippen LogP contribution in [0.25, 0.3) is 0 Å². The van der Waals surface area contributed by atoms with Gasteiger partial charge in [0.2, 0.25) is 0 Å². The number of hydrogen-bond donors (Lipinski definition) is 1. The highest BCUT2D eigenvalue weighted by Gasteiger charge is 2.23. The van der Waals surface area contributed by atoms with E-state index in [4.69, 9.17) is 10.5 Å². The lowest BCUT2D eigenvalue weighted by molar-refractivity contribution is -0.138. The second kappa shape index (κ2) is 5.81. The molecule has 0 aromatic rings. The molecule has 1 atom stereocenters. The predicted molar refractivity (Wildman–Crippen MR) is 55.8 cm³/mol. The van der Waals surface area contributed by atoms with Crippen molar-refractivity contribution in [1.29, 1.82) is 0 Å². The van der Waals surface area contributed by atoms with E-state index in [1.54, 1.807) is 6.08 Å². The van der Waals surface area contributed by atoms with Gasteiger partial charge in [-0.3, -0.25) is 0 Å². The molecule has 0 saturated heterocycles. The first-order valence-corrected chi connectivity index (χ1v) is 5.39. The molecule has 0 bridgehead atoms. The lowest BCUT2D eigenvalue weighted by Crippen LogP contribution is -2.22. The Hall–Kier alpha value is -0.830. The zero-order valence-electron chi connectivity index (χ0n) is 8.79. The van der Waals surface area contributed by atoms with Gasteiger partial charge in [-0.05, 0) is 18.4 Å². The monoisotopic (exact) mass is 197 g/mol. The van der Waals surface area contributed by atoms with Crippen LogP contribution >= 0.6 is 0 Å². The quantitative estimate of drug-likeness (QED) is 0.521. The van der Waals surface area contributed by atoms with E-state index in [-0.39, 0.29) is 12.1 Å². The molecule has 0 aliphatic carbocycles. The molecule has 1 heterocycles. The van der Waals surface area contributed by atoms with Crippen LogP contribution in [0.3, 0.4) is 0 Å². The Morgan fingerprint density at radius 1 is 1.43 bits per heavy atom. The number of nitrogens with two attached hydrogens (primary N) is 1. The first-order chi connectivity index (χ1) is 6.77. The van der Waals surface area contributed by atoms with Gasteiger partial charge in [-0.2, -0.15) is 0 Å². The minimum atomic E-state index is -0.231. The third kappa shape index (κ3) is 3.14. The van der Waals surface area contributed by atoms with Crippen molar-refractivity contribution in [2.45, 2.75) is 45.1 Å². The van der Waals surface area contributed by atoms with Crippen LogP contribution in [-0.2, 0) is 9.53 Å². The van der Waals surface area contributed by atoms with Crippen LogP contribution in [0.5, 0.6) is 0 Å². The highest BCUT2D eigenvalue weighted by atomic mass is 16.5. The van der Waals surface area contributed by atoms with Crippen molar-refractivity contribution in [1.82, 2.24) is 0 Å². The average Bonchev–Trinajstić information content (AvgIpc) is 2.54. The van der Waals surface area contributed by atoms with Crippen LogP contribution in [0.4, 0.5) is 0 Å². The van der Waals surface area contributed by atoms with Gasteiger partial charge in [-0.1, -0.05) is 26.2 Å². The van der Waals surface area contributed by atoms with E-state index < -0.39 is 0 Å². The molecule has 3 heteroatoms. The summed E-state index contributed by atoms with van der Waals surface area (Å²) in [5.41, 5.74) is 6.58. The molecule has 14 heavy (non-hydrogen) atoms. The first kappa shape index (κ1) is 11.2. The molecule has 80 valence electrons. The van der Waals surface area contributed by atoms with Crippen molar-refractivity contribution >= 4 is 5.97 Å². The maximum Gasteiger partial charge on any atom is 0.331 e. The molecule has 0 spiro atoms. The maximum absolute atomic E-state index is 11.0. The fraction of sp³-hybridized carbons (Fsp3) is 0.727. The molecule has 0 saturated carbocycles. The molecular weight excluding hydrogens is 178 g/mol. The molecule has 2 N–H and O–H groups in total. The summed E-state index contributed by atoms with van der Waals surface area (Å²) in [5, 5.41) is 0. The summed E-state index contributed by atoms with van der Waals surface area (Å²) in [6.45, 7) is 2.59. The number of rotatable bonds is 6. The smallest absolute Gasteiger partial charge is 0.331 e. The molecule has 3 nitrogen and oxygen atoms in total. The largest absolute Gasteiger partial charge is 0.453 e. The van der Waals surface area contributed by atoms with Gasteiger partial charge in [0, 0.05) is 12.6 Å². The van der Waals surface area contributed by atoms with Crippen molar-refractivity contribution in [3.05, 3.63) is 11.6 Å². The van der Waals surface area contributed by atoms with E-state index in [0.29, 0.717) is 6.54 Å². The zero-order valence-corrected chi connectivity index (χ0v) is 8.79. The summed E-state index contributed by atoms with van der Waals surface area (Å²) in [6, 6.07) is 0. The first-order valence-electron chi connectivity index (χ1n) is 5.39. The van der Waals surface area contributed by atoms with Gasteiger partial charge in [0.25, 0.3) is 0 Å². The van der Waals surface area contributed by atoms with Crippen LogP contribution in [0.15, 0.2) is 11.6 Å². The van der Waals surface area contributed by atoms with E-state index in [2.05, 4.69) is 6.92 Å². The topological polar surface area (TPSA) is 52.3 Å². The molecule has 0 aromatic carbocycles. The minimum Gasteiger partial charge on any atom is -0.453 e. The number of carbonyl (C=O) groups is 1. The summed E-state index contributed by atoms with van der Waals surface area (Å²) >= 11 is 0. The number of carbonyl (C=O) groups excluding carboxylic acids is 1.